The average molecular weight is 209 g/mol. The van der Waals surface area contributed by atoms with Gasteiger partial charge in [-0.2, -0.15) is 0 Å². The zero-order valence-corrected chi connectivity index (χ0v) is 8.83. The summed E-state index contributed by atoms with van der Waals surface area (Å²) in [6, 6.07) is 10.5. The van der Waals surface area contributed by atoms with Crippen molar-refractivity contribution >= 4 is 0 Å². The normalized spacial score (nSPS) is 9.50. The third-order valence-corrected chi connectivity index (χ3v) is 2.19. The first kappa shape index (κ1) is 10.8. The molecule has 0 saturated carbocycles. The summed E-state index contributed by atoms with van der Waals surface area (Å²) in [5, 5.41) is 0. The summed E-state index contributed by atoms with van der Waals surface area (Å²) in [6.45, 7) is 0. The Kier molecular flexibility index (Phi) is 3.72. The molecule has 0 aliphatic carbocycles. The van der Waals surface area contributed by atoms with E-state index in [1.54, 1.807) is 0 Å². The summed E-state index contributed by atoms with van der Waals surface area (Å²) in [5.74, 6) is 1.23. The molecule has 0 saturated heterocycles. The lowest BCUT2D eigenvalue weighted by molar-refractivity contribution is -0.677. The fourth-order valence-electron chi connectivity index (χ4n) is 1.40. The van der Waals surface area contributed by atoms with Gasteiger partial charge in [0, 0.05) is 0 Å². The molecular weight excluding hydrogens is 196 g/mol. The van der Waals surface area contributed by atoms with Crippen LogP contribution < -0.4 is 17.0 Å². The zero-order chi connectivity index (χ0) is 9.10. The van der Waals surface area contributed by atoms with Crippen molar-refractivity contribution in [3.8, 4) is 0 Å². The van der Waals surface area contributed by atoms with E-state index in [2.05, 4.69) is 40.9 Å². The number of halogens is 1. The van der Waals surface area contributed by atoms with E-state index in [0.717, 1.165) is 6.42 Å². The largest absolute Gasteiger partial charge is 1.00 e. The number of nitrogens with zero attached hydrogens (tertiary/aromatic N) is 1. The smallest absolute Gasteiger partial charge is 0.258 e. The first-order valence-corrected chi connectivity index (χ1v) is 4.42. The summed E-state index contributed by atoms with van der Waals surface area (Å²) in [4.78, 5) is 3.22. The Morgan fingerprint density at radius 3 is 2.50 bits per heavy atom. The molecule has 1 aromatic heterocycles. The highest BCUT2D eigenvalue weighted by atomic mass is 35.5. The molecule has 1 aromatic carbocycles. The second kappa shape index (κ2) is 4.82. The van der Waals surface area contributed by atoms with Crippen molar-refractivity contribution in [3.05, 3.63) is 54.1 Å². The van der Waals surface area contributed by atoms with Crippen molar-refractivity contribution in [1.29, 1.82) is 0 Å². The molecule has 2 nitrogen and oxygen atoms in total. The third kappa shape index (κ3) is 2.36. The van der Waals surface area contributed by atoms with Crippen molar-refractivity contribution < 1.29 is 17.0 Å². The minimum Gasteiger partial charge on any atom is -1.00 e. The summed E-state index contributed by atoms with van der Waals surface area (Å²) in [5.41, 5.74) is 1.33. The Morgan fingerprint density at radius 1 is 1.21 bits per heavy atom. The molecule has 0 aliphatic rings. The minimum absolute atomic E-state index is 0. The van der Waals surface area contributed by atoms with E-state index in [0.29, 0.717) is 0 Å². The SMILES string of the molecule is C[n+]1cc[nH]c1Cc1ccccc1.[Cl-]. The van der Waals surface area contributed by atoms with Crippen molar-refractivity contribution in [3.63, 3.8) is 0 Å². The van der Waals surface area contributed by atoms with Crippen LogP contribution in [-0.4, -0.2) is 4.98 Å². The summed E-state index contributed by atoms with van der Waals surface area (Å²) < 4.78 is 2.10. The second-order valence-electron chi connectivity index (χ2n) is 3.18. The van der Waals surface area contributed by atoms with Crippen LogP contribution in [0.3, 0.4) is 0 Å². The van der Waals surface area contributed by atoms with Gasteiger partial charge in [0.25, 0.3) is 5.82 Å². The number of benzene rings is 1. The molecule has 14 heavy (non-hydrogen) atoms. The number of H-pyrrole nitrogens is 1. The Hall–Kier alpha value is -1.28. The maximum atomic E-state index is 3.22. The van der Waals surface area contributed by atoms with Gasteiger partial charge >= 0.3 is 0 Å². The van der Waals surface area contributed by atoms with Crippen LogP contribution in [0.5, 0.6) is 0 Å². The van der Waals surface area contributed by atoms with Crippen molar-refractivity contribution in [2.45, 2.75) is 6.42 Å². The van der Waals surface area contributed by atoms with Crippen LogP contribution in [0.4, 0.5) is 0 Å². The Morgan fingerprint density at radius 2 is 1.93 bits per heavy atom. The van der Waals surface area contributed by atoms with Crippen LogP contribution in [0.1, 0.15) is 11.4 Å². The van der Waals surface area contributed by atoms with Crippen LogP contribution in [0.15, 0.2) is 42.7 Å². The van der Waals surface area contributed by atoms with Gasteiger partial charge in [0.1, 0.15) is 12.4 Å². The second-order valence-corrected chi connectivity index (χ2v) is 3.18. The van der Waals surface area contributed by atoms with Crippen LogP contribution in [0, 0.1) is 0 Å². The van der Waals surface area contributed by atoms with Crippen molar-refractivity contribution in [1.82, 2.24) is 4.98 Å². The first-order chi connectivity index (χ1) is 6.36. The van der Waals surface area contributed by atoms with E-state index >= 15 is 0 Å². The van der Waals surface area contributed by atoms with Gasteiger partial charge in [-0.25, -0.2) is 9.55 Å². The van der Waals surface area contributed by atoms with E-state index in [1.165, 1.54) is 11.4 Å². The summed E-state index contributed by atoms with van der Waals surface area (Å²) in [7, 11) is 2.05. The highest BCUT2D eigenvalue weighted by Crippen LogP contribution is 2.02. The number of aryl methyl sites for hydroxylation is 1. The zero-order valence-electron chi connectivity index (χ0n) is 8.07. The lowest BCUT2D eigenvalue weighted by atomic mass is 10.1. The quantitative estimate of drug-likeness (QED) is 0.576. The Labute approximate surface area is 90.0 Å². The highest BCUT2D eigenvalue weighted by molar-refractivity contribution is 5.17. The molecule has 74 valence electrons. The third-order valence-electron chi connectivity index (χ3n) is 2.19. The van der Waals surface area contributed by atoms with Gasteiger partial charge in [0.2, 0.25) is 0 Å². The molecule has 0 spiro atoms. The maximum absolute atomic E-state index is 3.22. The lowest BCUT2D eigenvalue weighted by Gasteiger charge is -1.95. The molecule has 3 heteroatoms. The van der Waals surface area contributed by atoms with E-state index in [1.807, 2.05) is 18.5 Å². The number of aromatic nitrogens is 2. The number of nitrogens with one attached hydrogen (secondary N) is 1. The molecule has 0 atom stereocenters. The van der Waals surface area contributed by atoms with Gasteiger partial charge in [-0.1, -0.05) is 30.3 Å². The molecular formula is C11H13ClN2. The van der Waals surface area contributed by atoms with Gasteiger partial charge in [-0.15, -0.1) is 0 Å². The van der Waals surface area contributed by atoms with E-state index in [9.17, 15) is 0 Å². The van der Waals surface area contributed by atoms with Crippen LogP contribution in [0.25, 0.3) is 0 Å². The molecule has 0 amide bonds. The number of rotatable bonds is 2. The molecule has 1 N–H and O–H groups in total. The maximum Gasteiger partial charge on any atom is 0.258 e. The Balaban J connectivity index is 0.000000980. The minimum atomic E-state index is 0. The number of hydrogen-bond acceptors (Lipinski definition) is 0. The molecule has 2 aromatic rings. The van der Waals surface area contributed by atoms with Crippen molar-refractivity contribution in [2.24, 2.45) is 7.05 Å². The highest BCUT2D eigenvalue weighted by Gasteiger charge is 2.06. The lowest BCUT2D eigenvalue weighted by Crippen LogP contribution is -3.00. The van der Waals surface area contributed by atoms with E-state index < -0.39 is 0 Å². The number of hydrogen-bond donors (Lipinski definition) is 1. The van der Waals surface area contributed by atoms with Gasteiger partial charge in [-0.05, 0) is 5.56 Å². The topological polar surface area (TPSA) is 19.7 Å². The van der Waals surface area contributed by atoms with E-state index in [-0.39, 0.29) is 12.4 Å². The molecule has 1 heterocycles. The fraction of sp³-hybridized carbons (Fsp3) is 0.182. The van der Waals surface area contributed by atoms with Gasteiger partial charge in [0.05, 0.1) is 13.5 Å². The monoisotopic (exact) mass is 208 g/mol. The predicted octanol–water partition coefficient (Wildman–Crippen LogP) is -1.57. The van der Waals surface area contributed by atoms with Crippen molar-refractivity contribution in [2.75, 3.05) is 0 Å². The molecule has 0 aliphatic heterocycles. The number of aromatic amines is 1. The van der Waals surface area contributed by atoms with E-state index in [4.69, 9.17) is 0 Å². The van der Waals surface area contributed by atoms with Crippen LogP contribution in [-0.2, 0) is 13.5 Å². The molecule has 0 unspecified atom stereocenters. The molecule has 0 radical (unpaired) electrons. The predicted molar refractivity (Wildman–Crippen MR) is 51.2 cm³/mol. The molecule has 2 rings (SSSR count). The first-order valence-electron chi connectivity index (χ1n) is 4.42. The average Bonchev–Trinajstić information content (AvgIpc) is 2.54. The summed E-state index contributed by atoms with van der Waals surface area (Å²) >= 11 is 0. The van der Waals surface area contributed by atoms with Crippen LogP contribution in [0.2, 0.25) is 0 Å². The number of imidazole rings is 1. The standard InChI is InChI=1S/C11H12N2.ClH/c1-13-8-7-12-11(13)9-10-5-3-2-4-6-10;/h2-8H,9H2,1H3;1H. The van der Waals surface area contributed by atoms with Gasteiger partial charge in [-0.3, -0.25) is 0 Å². The molecule has 0 fully saturated rings. The Bertz CT molecular complexity index is 381. The molecule has 0 bridgehead atoms. The van der Waals surface area contributed by atoms with Gasteiger partial charge in [0.15, 0.2) is 0 Å². The fourth-order valence-corrected chi connectivity index (χ4v) is 1.40. The van der Waals surface area contributed by atoms with Crippen LogP contribution >= 0.6 is 0 Å². The summed E-state index contributed by atoms with van der Waals surface area (Å²) in [6.07, 6.45) is 4.95. The van der Waals surface area contributed by atoms with Gasteiger partial charge < -0.3 is 12.4 Å².